The van der Waals surface area contributed by atoms with Crippen molar-refractivity contribution in [1.82, 2.24) is 9.80 Å². The number of aliphatic hydroxyl groups excluding tert-OH is 2. The van der Waals surface area contributed by atoms with E-state index in [1.165, 1.54) is 0 Å². The summed E-state index contributed by atoms with van der Waals surface area (Å²) in [4.78, 5) is 34.8. The molecule has 1 saturated heterocycles. The summed E-state index contributed by atoms with van der Waals surface area (Å²) >= 11 is 0. The van der Waals surface area contributed by atoms with Crippen LogP contribution in [0.1, 0.15) is 0 Å². The van der Waals surface area contributed by atoms with Gasteiger partial charge in [-0.1, -0.05) is 0 Å². The first-order valence-electron chi connectivity index (χ1n) is 4.02. The molecule has 1 heterocycles. The van der Waals surface area contributed by atoms with E-state index in [0.717, 1.165) is 0 Å². The highest BCUT2D eigenvalue weighted by Crippen LogP contribution is 2.10. The number of hydrogen-bond acceptors (Lipinski definition) is 5. The third kappa shape index (κ3) is 1.59. The average Bonchev–Trinajstić information content (AvgIpc) is 2.36. The van der Waals surface area contributed by atoms with Crippen molar-refractivity contribution in [3.63, 3.8) is 0 Å². The van der Waals surface area contributed by atoms with Crippen LogP contribution in [0.25, 0.3) is 0 Å². The Morgan fingerprint density at radius 1 is 0.857 bits per heavy atom. The van der Waals surface area contributed by atoms with Gasteiger partial charge in [-0.2, -0.15) is 0 Å². The highest BCUT2D eigenvalue weighted by molar-refractivity contribution is 6.44. The monoisotopic (exact) mass is 202 g/mol. The molecule has 0 saturated carbocycles. The molecule has 0 aromatic heterocycles. The van der Waals surface area contributed by atoms with Crippen LogP contribution in [0, 0.1) is 0 Å². The number of aliphatic hydroxyl groups is 2. The fraction of sp³-hybridized carbons (Fsp3) is 0.571. The Morgan fingerprint density at radius 2 is 1.21 bits per heavy atom. The number of rotatable bonds is 4. The summed E-state index contributed by atoms with van der Waals surface area (Å²) < 4.78 is 0. The number of hydrogen-bond donors (Lipinski definition) is 2. The third-order valence-electron chi connectivity index (χ3n) is 1.78. The summed E-state index contributed by atoms with van der Waals surface area (Å²) in [5.74, 6) is -1.92. The maximum Gasteiger partial charge on any atom is 0.334 e. The van der Waals surface area contributed by atoms with Crippen molar-refractivity contribution in [3.8, 4) is 0 Å². The Labute approximate surface area is 79.5 Å². The molecule has 0 atom stereocenters. The van der Waals surface area contributed by atoms with E-state index in [0.29, 0.717) is 9.80 Å². The molecule has 1 rings (SSSR count). The van der Waals surface area contributed by atoms with Crippen LogP contribution < -0.4 is 0 Å². The lowest BCUT2D eigenvalue weighted by atomic mass is 10.5. The molecule has 0 aliphatic carbocycles. The Kier molecular flexibility index (Phi) is 3.15. The maximum atomic E-state index is 11.3. The van der Waals surface area contributed by atoms with Gasteiger partial charge in [-0.25, -0.2) is 4.79 Å². The molecule has 2 N–H and O–H groups in total. The van der Waals surface area contributed by atoms with E-state index in [2.05, 4.69) is 0 Å². The van der Waals surface area contributed by atoms with Gasteiger partial charge in [-0.05, 0) is 0 Å². The second kappa shape index (κ2) is 4.16. The van der Waals surface area contributed by atoms with Gasteiger partial charge >= 0.3 is 17.8 Å². The molecule has 14 heavy (non-hydrogen) atoms. The van der Waals surface area contributed by atoms with Gasteiger partial charge in [0.25, 0.3) is 0 Å². The molecular formula is C7H10N2O5. The second-order valence-corrected chi connectivity index (χ2v) is 2.64. The first-order valence-corrected chi connectivity index (χ1v) is 4.02. The lowest BCUT2D eigenvalue weighted by Crippen LogP contribution is -2.36. The average molecular weight is 202 g/mol. The third-order valence-corrected chi connectivity index (χ3v) is 1.78. The normalized spacial score (nSPS) is 17.1. The Morgan fingerprint density at radius 3 is 1.50 bits per heavy atom. The van der Waals surface area contributed by atoms with E-state index in [1.54, 1.807) is 0 Å². The molecular weight excluding hydrogens is 192 g/mol. The van der Waals surface area contributed by atoms with Crippen LogP contribution in [0.2, 0.25) is 0 Å². The number of carbonyl (C=O) groups is 3. The minimum absolute atomic E-state index is 0.203. The smallest absolute Gasteiger partial charge is 0.334 e. The molecule has 0 aromatic carbocycles. The largest absolute Gasteiger partial charge is 0.395 e. The zero-order valence-electron chi connectivity index (χ0n) is 7.34. The van der Waals surface area contributed by atoms with Crippen molar-refractivity contribution < 1.29 is 24.6 Å². The van der Waals surface area contributed by atoms with E-state index >= 15 is 0 Å². The zero-order valence-corrected chi connectivity index (χ0v) is 7.34. The van der Waals surface area contributed by atoms with Crippen LogP contribution in [-0.4, -0.2) is 64.2 Å². The van der Waals surface area contributed by atoms with Crippen molar-refractivity contribution in [3.05, 3.63) is 0 Å². The van der Waals surface area contributed by atoms with Crippen LogP contribution in [0.4, 0.5) is 4.79 Å². The number of carbonyl (C=O) groups excluding carboxylic acids is 3. The molecule has 4 amide bonds. The molecule has 7 nitrogen and oxygen atoms in total. The van der Waals surface area contributed by atoms with Gasteiger partial charge in [-0.15, -0.1) is 0 Å². The molecule has 78 valence electrons. The Bertz CT molecular complexity index is 251. The molecule has 7 heteroatoms. The van der Waals surface area contributed by atoms with Crippen LogP contribution >= 0.6 is 0 Å². The van der Waals surface area contributed by atoms with E-state index in [1.807, 2.05) is 0 Å². The first-order chi connectivity index (χ1) is 6.63. The summed E-state index contributed by atoms with van der Waals surface area (Å²) in [5, 5.41) is 17.1. The SMILES string of the molecule is O=C1C(=O)N(CCO)C(=O)N1CCO. The van der Waals surface area contributed by atoms with Gasteiger partial charge in [0.1, 0.15) is 0 Å². The lowest BCUT2D eigenvalue weighted by molar-refractivity contribution is -0.143. The number of amides is 4. The zero-order chi connectivity index (χ0) is 10.7. The molecule has 1 aliphatic heterocycles. The molecule has 0 bridgehead atoms. The quantitative estimate of drug-likeness (QED) is 0.397. The van der Waals surface area contributed by atoms with E-state index in [-0.39, 0.29) is 13.1 Å². The van der Waals surface area contributed by atoms with Crippen molar-refractivity contribution in [2.45, 2.75) is 0 Å². The predicted octanol–water partition coefficient (Wildman–Crippen LogP) is -2.24. The predicted molar refractivity (Wildman–Crippen MR) is 43.0 cm³/mol. The summed E-state index contributed by atoms with van der Waals surface area (Å²) in [6, 6.07) is -0.789. The van der Waals surface area contributed by atoms with Crippen LogP contribution in [0.3, 0.4) is 0 Å². The summed E-state index contributed by atoms with van der Waals surface area (Å²) in [5.41, 5.74) is 0. The van der Waals surface area contributed by atoms with Crippen LogP contribution in [0.5, 0.6) is 0 Å². The van der Waals surface area contributed by atoms with E-state index in [9.17, 15) is 14.4 Å². The van der Waals surface area contributed by atoms with Gasteiger partial charge in [0, 0.05) is 0 Å². The number of β-amino-alcohol motifs (C(OH)–C–C–N with tert-alkyl or cyclic N) is 2. The van der Waals surface area contributed by atoms with Gasteiger partial charge < -0.3 is 10.2 Å². The minimum atomic E-state index is -0.961. The standard InChI is InChI=1S/C7H10N2O5/c10-3-1-8-5(12)6(13)9(2-4-11)7(8)14/h10-11H,1-4H2. The number of imide groups is 2. The highest BCUT2D eigenvalue weighted by Gasteiger charge is 2.43. The summed E-state index contributed by atoms with van der Waals surface area (Å²) in [6.07, 6.45) is 0. The van der Waals surface area contributed by atoms with E-state index in [4.69, 9.17) is 10.2 Å². The number of nitrogens with zero attached hydrogens (tertiary/aromatic N) is 2. The first kappa shape index (κ1) is 10.6. The fourth-order valence-corrected chi connectivity index (χ4v) is 1.14. The number of urea groups is 1. The molecule has 0 aromatic rings. The fourth-order valence-electron chi connectivity index (χ4n) is 1.14. The van der Waals surface area contributed by atoms with Crippen LogP contribution in [0.15, 0.2) is 0 Å². The van der Waals surface area contributed by atoms with Crippen molar-refractivity contribution in [2.75, 3.05) is 26.3 Å². The molecule has 0 radical (unpaired) electrons. The minimum Gasteiger partial charge on any atom is -0.395 e. The highest BCUT2D eigenvalue weighted by atomic mass is 16.3. The topological polar surface area (TPSA) is 98.2 Å². The van der Waals surface area contributed by atoms with E-state index < -0.39 is 31.1 Å². The lowest BCUT2D eigenvalue weighted by Gasteiger charge is -2.12. The molecule has 0 unspecified atom stereocenters. The second-order valence-electron chi connectivity index (χ2n) is 2.64. The van der Waals surface area contributed by atoms with Crippen molar-refractivity contribution in [1.29, 1.82) is 0 Å². The van der Waals surface area contributed by atoms with Gasteiger partial charge in [0.05, 0.1) is 26.3 Å². The summed E-state index contributed by atoms with van der Waals surface area (Å²) in [7, 11) is 0. The van der Waals surface area contributed by atoms with Crippen molar-refractivity contribution >= 4 is 17.8 Å². The Hall–Kier alpha value is -1.47. The maximum absolute atomic E-state index is 11.3. The van der Waals surface area contributed by atoms with Crippen molar-refractivity contribution in [2.24, 2.45) is 0 Å². The molecule has 1 fully saturated rings. The Balaban J connectivity index is 2.80. The van der Waals surface area contributed by atoms with Gasteiger partial charge in [-0.3, -0.25) is 19.4 Å². The molecule has 1 aliphatic rings. The summed E-state index contributed by atoms with van der Waals surface area (Å²) in [6.45, 7) is -1.19. The molecule has 0 spiro atoms. The van der Waals surface area contributed by atoms with Gasteiger partial charge in [0.2, 0.25) is 0 Å². The van der Waals surface area contributed by atoms with Crippen LogP contribution in [-0.2, 0) is 9.59 Å². The van der Waals surface area contributed by atoms with Gasteiger partial charge in [0.15, 0.2) is 0 Å².